The molecule has 0 aliphatic carbocycles. The maximum Gasteiger partial charge on any atom is 0.250 e. The van der Waals surface area contributed by atoms with Crippen molar-refractivity contribution in [3.8, 4) is 0 Å². The fourth-order valence-corrected chi connectivity index (χ4v) is 2.80. The molecule has 2 aromatic carbocycles. The lowest BCUT2D eigenvalue weighted by Crippen LogP contribution is -2.27. The summed E-state index contributed by atoms with van der Waals surface area (Å²) in [4.78, 5) is 19.2. The monoisotopic (exact) mass is 301 g/mol. The van der Waals surface area contributed by atoms with Crippen molar-refractivity contribution in [1.29, 1.82) is 0 Å². The predicted octanol–water partition coefficient (Wildman–Crippen LogP) is 3.71. The summed E-state index contributed by atoms with van der Waals surface area (Å²) >= 11 is 1.67. The van der Waals surface area contributed by atoms with Gasteiger partial charge < -0.3 is 0 Å². The van der Waals surface area contributed by atoms with Gasteiger partial charge in [-0.25, -0.2) is 5.06 Å². The molecule has 0 radical (unpaired) electrons. The molecule has 0 saturated heterocycles. The van der Waals surface area contributed by atoms with E-state index in [1.54, 1.807) is 18.8 Å². The number of hydroxylamine groups is 2. The average molecular weight is 301 g/mol. The van der Waals surface area contributed by atoms with Crippen LogP contribution >= 0.6 is 11.8 Å². The molecule has 3 nitrogen and oxygen atoms in total. The smallest absolute Gasteiger partial charge is 0.250 e. The standard InChI is InChI=1S/C17H19NO2S/c1-13-8-10-15(11-9-13)21-16-7-5-4-6-14(16)12-17(19)18(2)20-3/h4-11H,12H2,1-3H3. The molecule has 0 bridgehead atoms. The number of likely N-dealkylation sites (N-methyl/N-ethyl adjacent to an activating group) is 1. The second-order valence-corrected chi connectivity index (χ2v) is 5.89. The number of rotatable bonds is 5. The zero-order chi connectivity index (χ0) is 15.2. The molecule has 0 aliphatic rings. The number of hydrogen-bond donors (Lipinski definition) is 0. The molecule has 110 valence electrons. The summed E-state index contributed by atoms with van der Waals surface area (Å²) in [5.74, 6) is -0.0607. The minimum atomic E-state index is -0.0607. The molecule has 21 heavy (non-hydrogen) atoms. The maximum absolute atomic E-state index is 12.0. The van der Waals surface area contributed by atoms with Crippen LogP contribution in [0.25, 0.3) is 0 Å². The lowest BCUT2D eigenvalue weighted by Gasteiger charge is -2.15. The highest BCUT2D eigenvalue weighted by Gasteiger charge is 2.12. The van der Waals surface area contributed by atoms with Crippen LogP contribution in [0.4, 0.5) is 0 Å². The van der Waals surface area contributed by atoms with Gasteiger partial charge >= 0.3 is 0 Å². The van der Waals surface area contributed by atoms with Gasteiger partial charge in [0.05, 0.1) is 13.5 Å². The zero-order valence-corrected chi connectivity index (χ0v) is 13.3. The van der Waals surface area contributed by atoms with Gasteiger partial charge in [0.2, 0.25) is 5.91 Å². The van der Waals surface area contributed by atoms with Crippen LogP contribution in [0.15, 0.2) is 58.3 Å². The number of amides is 1. The Morgan fingerprint density at radius 1 is 1.14 bits per heavy atom. The highest BCUT2D eigenvalue weighted by atomic mass is 32.2. The number of hydrogen-bond acceptors (Lipinski definition) is 3. The molecular weight excluding hydrogens is 282 g/mol. The first-order valence-corrected chi connectivity index (χ1v) is 7.55. The minimum absolute atomic E-state index is 0.0607. The van der Waals surface area contributed by atoms with E-state index in [-0.39, 0.29) is 5.91 Å². The van der Waals surface area contributed by atoms with E-state index in [0.717, 1.165) is 10.5 Å². The highest BCUT2D eigenvalue weighted by Crippen LogP contribution is 2.30. The lowest BCUT2D eigenvalue weighted by atomic mass is 10.1. The van der Waals surface area contributed by atoms with Gasteiger partial charge in [0.1, 0.15) is 0 Å². The molecule has 0 heterocycles. The number of benzene rings is 2. The van der Waals surface area contributed by atoms with Crippen LogP contribution in [-0.4, -0.2) is 25.1 Å². The van der Waals surface area contributed by atoms with E-state index in [1.807, 2.05) is 24.3 Å². The fourth-order valence-electron chi connectivity index (χ4n) is 1.86. The molecule has 0 spiro atoms. The van der Waals surface area contributed by atoms with Gasteiger partial charge in [0, 0.05) is 16.8 Å². The van der Waals surface area contributed by atoms with Crippen LogP contribution in [0.1, 0.15) is 11.1 Å². The van der Waals surface area contributed by atoms with Crippen molar-refractivity contribution in [3.63, 3.8) is 0 Å². The van der Waals surface area contributed by atoms with Crippen molar-refractivity contribution in [3.05, 3.63) is 59.7 Å². The Morgan fingerprint density at radius 2 is 1.81 bits per heavy atom. The molecule has 0 N–H and O–H groups in total. The molecule has 2 rings (SSSR count). The van der Waals surface area contributed by atoms with E-state index < -0.39 is 0 Å². The Hall–Kier alpha value is -1.78. The van der Waals surface area contributed by atoms with Crippen LogP contribution in [0, 0.1) is 6.92 Å². The largest absolute Gasteiger partial charge is 0.275 e. The Balaban J connectivity index is 2.17. The zero-order valence-electron chi connectivity index (χ0n) is 12.5. The quantitative estimate of drug-likeness (QED) is 0.789. The molecule has 0 fully saturated rings. The minimum Gasteiger partial charge on any atom is -0.275 e. The van der Waals surface area contributed by atoms with Crippen LogP contribution < -0.4 is 0 Å². The van der Waals surface area contributed by atoms with Gasteiger partial charge in [0.25, 0.3) is 0 Å². The second-order valence-electron chi connectivity index (χ2n) is 4.77. The number of aryl methyl sites for hydroxylation is 1. The third kappa shape index (κ3) is 4.34. The van der Waals surface area contributed by atoms with E-state index in [4.69, 9.17) is 4.84 Å². The molecular formula is C17H19NO2S. The van der Waals surface area contributed by atoms with Crippen LogP contribution in [0.5, 0.6) is 0 Å². The van der Waals surface area contributed by atoms with Crippen molar-refractivity contribution in [1.82, 2.24) is 5.06 Å². The molecule has 1 amide bonds. The van der Waals surface area contributed by atoms with E-state index in [0.29, 0.717) is 6.42 Å². The molecule has 0 aromatic heterocycles. The summed E-state index contributed by atoms with van der Waals surface area (Å²) in [5, 5.41) is 1.26. The predicted molar refractivity (Wildman–Crippen MR) is 85.2 cm³/mol. The summed E-state index contributed by atoms with van der Waals surface area (Å²) < 4.78 is 0. The average Bonchev–Trinajstić information content (AvgIpc) is 2.50. The summed E-state index contributed by atoms with van der Waals surface area (Å²) in [6, 6.07) is 16.3. The molecule has 0 aliphatic heterocycles. The lowest BCUT2D eigenvalue weighted by molar-refractivity contribution is -0.167. The van der Waals surface area contributed by atoms with E-state index >= 15 is 0 Å². The first-order valence-electron chi connectivity index (χ1n) is 6.73. The van der Waals surface area contributed by atoms with Gasteiger partial charge in [-0.3, -0.25) is 9.63 Å². The Morgan fingerprint density at radius 3 is 2.48 bits per heavy atom. The Kier molecular flexibility index (Phi) is 5.42. The highest BCUT2D eigenvalue weighted by molar-refractivity contribution is 7.99. The summed E-state index contributed by atoms with van der Waals surface area (Å²) in [7, 11) is 3.11. The molecule has 0 atom stereocenters. The van der Waals surface area contributed by atoms with Crippen molar-refractivity contribution in [2.24, 2.45) is 0 Å². The molecule has 2 aromatic rings. The van der Waals surface area contributed by atoms with E-state index in [2.05, 4.69) is 31.2 Å². The van der Waals surface area contributed by atoms with Crippen molar-refractivity contribution in [2.75, 3.05) is 14.2 Å². The van der Waals surface area contributed by atoms with Gasteiger partial charge in [-0.2, -0.15) is 0 Å². The van der Waals surface area contributed by atoms with Crippen molar-refractivity contribution >= 4 is 17.7 Å². The first-order chi connectivity index (χ1) is 10.1. The summed E-state index contributed by atoms with van der Waals surface area (Å²) in [6.07, 6.45) is 0.333. The van der Waals surface area contributed by atoms with Crippen molar-refractivity contribution < 1.29 is 9.63 Å². The molecule has 4 heteroatoms. The van der Waals surface area contributed by atoms with Crippen LogP contribution in [0.3, 0.4) is 0 Å². The second kappa shape index (κ2) is 7.29. The number of carbonyl (C=O) groups is 1. The van der Waals surface area contributed by atoms with Crippen LogP contribution in [0.2, 0.25) is 0 Å². The van der Waals surface area contributed by atoms with Crippen LogP contribution in [-0.2, 0) is 16.1 Å². The van der Waals surface area contributed by atoms with Gasteiger partial charge in [-0.05, 0) is 30.7 Å². The van der Waals surface area contributed by atoms with Gasteiger partial charge in [-0.15, -0.1) is 0 Å². The Labute approximate surface area is 129 Å². The van der Waals surface area contributed by atoms with Gasteiger partial charge in [0.15, 0.2) is 0 Å². The number of nitrogens with zero attached hydrogens (tertiary/aromatic N) is 1. The molecule has 0 saturated carbocycles. The van der Waals surface area contributed by atoms with Crippen molar-refractivity contribution in [2.45, 2.75) is 23.1 Å². The SMILES string of the molecule is CON(C)C(=O)Cc1ccccc1Sc1ccc(C)cc1. The summed E-state index contributed by atoms with van der Waals surface area (Å²) in [6.45, 7) is 2.07. The van der Waals surface area contributed by atoms with E-state index in [9.17, 15) is 4.79 Å². The third-order valence-corrected chi connectivity index (χ3v) is 4.31. The van der Waals surface area contributed by atoms with E-state index in [1.165, 1.54) is 22.6 Å². The van der Waals surface area contributed by atoms with Gasteiger partial charge in [-0.1, -0.05) is 47.7 Å². The maximum atomic E-state index is 12.0. The number of carbonyl (C=O) groups excluding carboxylic acids is 1. The normalized spacial score (nSPS) is 10.4. The first kappa shape index (κ1) is 15.6. The Bertz CT molecular complexity index is 610. The topological polar surface area (TPSA) is 29.5 Å². The molecule has 0 unspecified atom stereocenters. The fraction of sp³-hybridized carbons (Fsp3) is 0.235. The summed E-state index contributed by atoms with van der Waals surface area (Å²) in [5.41, 5.74) is 2.25. The third-order valence-electron chi connectivity index (χ3n) is 3.19.